The first-order valence-corrected chi connectivity index (χ1v) is 10.6. The number of hydrogen-bond acceptors (Lipinski definition) is 3. The monoisotopic (exact) mass is 362 g/mol. The van der Waals surface area contributed by atoms with Gasteiger partial charge in [0.25, 0.3) is 0 Å². The zero-order valence-corrected chi connectivity index (χ0v) is 16.8. The van der Waals surface area contributed by atoms with E-state index in [0.717, 1.165) is 23.7 Å². The van der Waals surface area contributed by atoms with Gasteiger partial charge in [-0.3, -0.25) is 9.59 Å². The Morgan fingerprint density at radius 3 is 2.15 bits per heavy atom. The molecule has 4 rings (SSSR count). The standard InChI is InChI=1S/C22H34O4/c1-10-14-9-15(19-13-7-6-12(8-13)18(14)19)16(10)17(11(2)20(23)24)21(25)26-22(3,4)5/h10-19H,6-9H2,1-5H3,(H,23,24). The number of carboxylic acids is 1. The normalized spacial score (nSPS) is 45.4. The van der Waals surface area contributed by atoms with Gasteiger partial charge >= 0.3 is 11.9 Å². The zero-order chi connectivity index (χ0) is 19.0. The van der Waals surface area contributed by atoms with E-state index in [9.17, 15) is 14.7 Å². The van der Waals surface area contributed by atoms with Crippen molar-refractivity contribution in [2.45, 2.75) is 65.9 Å². The van der Waals surface area contributed by atoms with E-state index >= 15 is 0 Å². The van der Waals surface area contributed by atoms with E-state index < -0.39 is 23.4 Å². The highest BCUT2D eigenvalue weighted by molar-refractivity contribution is 5.81. The van der Waals surface area contributed by atoms with E-state index in [4.69, 9.17) is 4.74 Å². The van der Waals surface area contributed by atoms with Crippen LogP contribution in [0.25, 0.3) is 0 Å². The van der Waals surface area contributed by atoms with Crippen LogP contribution in [0, 0.1) is 59.2 Å². The Morgan fingerprint density at radius 2 is 1.62 bits per heavy atom. The summed E-state index contributed by atoms with van der Waals surface area (Å²) in [5, 5.41) is 9.70. The van der Waals surface area contributed by atoms with Gasteiger partial charge < -0.3 is 9.84 Å². The summed E-state index contributed by atoms with van der Waals surface area (Å²) in [6.45, 7) is 9.58. The van der Waals surface area contributed by atoms with Crippen LogP contribution in [0.3, 0.4) is 0 Å². The van der Waals surface area contributed by atoms with Crippen LogP contribution in [-0.2, 0) is 14.3 Å². The SMILES string of the molecule is CC(C(=O)O)C(C(=O)OC(C)(C)C)C1C(C)C2CC1C1C3CCC(C3)C21. The molecule has 0 aliphatic heterocycles. The van der Waals surface area contributed by atoms with E-state index in [2.05, 4.69) is 6.92 Å². The van der Waals surface area contributed by atoms with Crippen molar-refractivity contribution in [2.75, 3.05) is 0 Å². The molecule has 10 atom stereocenters. The molecule has 4 saturated carbocycles. The van der Waals surface area contributed by atoms with Crippen LogP contribution < -0.4 is 0 Å². The Hall–Kier alpha value is -1.06. The van der Waals surface area contributed by atoms with Gasteiger partial charge in [-0.15, -0.1) is 0 Å². The number of aliphatic carboxylic acids is 1. The number of hydrogen-bond donors (Lipinski definition) is 1. The summed E-state index contributed by atoms with van der Waals surface area (Å²) in [4.78, 5) is 24.9. The number of carboxylic acid groups (broad SMARTS) is 1. The fourth-order valence-electron chi connectivity index (χ4n) is 7.74. The van der Waals surface area contributed by atoms with Crippen molar-refractivity contribution in [1.82, 2.24) is 0 Å². The van der Waals surface area contributed by atoms with E-state index in [1.54, 1.807) is 6.92 Å². The second-order valence-electron chi connectivity index (χ2n) is 10.7. The minimum Gasteiger partial charge on any atom is -0.481 e. The first kappa shape index (κ1) is 18.3. The van der Waals surface area contributed by atoms with E-state index in [-0.39, 0.29) is 11.9 Å². The molecule has 4 heteroatoms. The predicted octanol–water partition coefficient (Wildman–Crippen LogP) is 4.23. The predicted molar refractivity (Wildman–Crippen MR) is 98.2 cm³/mol. The molecule has 4 nitrogen and oxygen atoms in total. The van der Waals surface area contributed by atoms with Crippen LogP contribution in [0.2, 0.25) is 0 Å². The van der Waals surface area contributed by atoms with Crippen LogP contribution in [0.4, 0.5) is 0 Å². The van der Waals surface area contributed by atoms with Crippen molar-refractivity contribution < 1.29 is 19.4 Å². The van der Waals surface area contributed by atoms with Gasteiger partial charge in [-0.05, 0) is 93.8 Å². The van der Waals surface area contributed by atoms with Crippen LogP contribution in [0.5, 0.6) is 0 Å². The van der Waals surface area contributed by atoms with Crippen molar-refractivity contribution in [3.63, 3.8) is 0 Å². The first-order valence-electron chi connectivity index (χ1n) is 10.6. The molecule has 0 heterocycles. The molecule has 10 unspecified atom stereocenters. The van der Waals surface area contributed by atoms with Crippen molar-refractivity contribution in [3.8, 4) is 0 Å². The maximum Gasteiger partial charge on any atom is 0.310 e. The largest absolute Gasteiger partial charge is 0.481 e. The maximum absolute atomic E-state index is 13.1. The molecular formula is C22H34O4. The van der Waals surface area contributed by atoms with Gasteiger partial charge in [-0.25, -0.2) is 0 Å². The van der Waals surface area contributed by atoms with E-state index in [0.29, 0.717) is 17.8 Å². The lowest BCUT2D eigenvalue weighted by Gasteiger charge is -2.45. The van der Waals surface area contributed by atoms with Crippen molar-refractivity contribution >= 4 is 11.9 Å². The van der Waals surface area contributed by atoms with Gasteiger partial charge in [-0.2, -0.15) is 0 Å². The van der Waals surface area contributed by atoms with E-state index in [1.807, 2.05) is 20.8 Å². The third-order valence-corrected chi connectivity index (χ3v) is 8.38. The summed E-state index contributed by atoms with van der Waals surface area (Å²) in [7, 11) is 0. The summed E-state index contributed by atoms with van der Waals surface area (Å²) in [6, 6.07) is 0. The fraction of sp³-hybridized carbons (Fsp3) is 0.909. The molecule has 0 aromatic rings. The van der Waals surface area contributed by atoms with Gasteiger partial charge in [0.2, 0.25) is 0 Å². The molecule has 4 fully saturated rings. The Morgan fingerprint density at radius 1 is 1.04 bits per heavy atom. The fourth-order valence-corrected chi connectivity index (χ4v) is 7.74. The van der Waals surface area contributed by atoms with Gasteiger partial charge in [0.05, 0.1) is 11.8 Å². The quantitative estimate of drug-likeness (QED) is 0.600. The second kappa shape index (κ2) is 5.97. The topological polar surface area (TPSA) is 63.6 Å². The van der Waals surface area contributed by atoms with Gasteiger partial charge in [0.1, 0.15) is 5.60 Å². The summed E-state index contributed by atoms with van der Waals surface area (Å²) in [5.41, 5.74) is -0.580. The highest BCUT2D eigenvalue weighted by Gasteiger charge is 2.66. The molecule has 0 amide bonds. The summed E-state index contributed by atoms with van der Waals surface area (Å²) in [6.07, 6.45) is 5.34. The molecule has 4 aliphatic carbocycles. The average Bonchev–Trinajstić information content (AvgIpc) is 3.24. The molecule has 1 N–H and O–H groups in total. The van der Waals surface area contributed by atoms with Crippen molar-refractivity contribution in [1.29, 1.82) is 0 Å². The molecular weight excluding hydrogens is 328 g/mol. The highest BCUT2D eigenvalue weighted by Crippen LogP contribution is 2.71. The van der Waals surface area contributed by atoms with Crippen LogP contribution >= 0.6 is 0 Å². The Labute approximate surface area is 157 Å². The summed E-state index contributed by atoms with van der Waals surface area (Å²) < 4.78 is 5.71. The molecule has 0 radical (unpaired) electrons. The van der Waals surface area contributed by atoms with Crippen LogP contribution in [-0.4, -0.2) is 22.6 Å². The molecule has 26 heavy (non-hydrogen) atoms. The second-order valence-corrected chi connectivity index (χ2v) is 10.7. The molecule has 0 aromatic carbocycles. The number of fused-ring (bicyclic) bond motifs is 9. The number of esters is 1. The summed E-state index contributed by atoms with van der Waals surface area (Å²) >= 11 is 0. The zero-order valence-electron chi connectivity index (χ0n) is 16.8. The molecule has 0 spiro atoms. The lowest BCUT2D eigenvalue weighted by molar-refractivity contribution is -0.172. The van der Waals surface area contributed by atoms with Crippen LogP contribution in [0.15, 0.2) is 0 Å². The molecule has 0 aromatic heterocycles. The lowest BCUT2D eigenvalue weighted by Crippen LogP contribution is -2.46. The first-order chi connectivity index (χ1) is 12.1. The number of ether oxygens (including phenoxy) is 1. The van der Waals surface area contributed by atoms with Crippen molar-refractivity contribution in [2.24, 2.45) is 59.2 Å². The van der Waals surface area contributed by atoms with Crippen molar-refractivity contribution in [3.05, 3.63) is 0 Å². The Kier molecular flexibility index (Phi) is 4.20. The van der Waals surface area contributed by atoms with E-state index in [1.165, 1.54) is 25.7 Å². The van der Waals surface area contributed by atoms with Gasteiger partial charge in [-0.1, -0.05) is 13.8 Å². The number of rotatable bonds is 4. The Bertz CT molecular complexity index is 606. The van der Waals surface area contributed by atoms with Gasteiger partial charge in [0, 0.05) is 0 Å². The minimum atomic E-state index is -0.875. The van der Waals surface area contributed by atoms with Gasteiger partial charge in [0.15, 0.2) is 0 Å². The molecule has 146 valence electrons. The molecule has 0 saturated heterocycles. The minimum absolute atomic E-state index is 0.168. The number of carbonyl (C=O) groups excluding carboxylic acids is 1. The third kappa shape index (κ3) is 2.62. The lowest BCUT2D eigenvalue weighted by atomic mass is 9.59. The Balaban J connectivity index is 1.64. The molecule has 4 aliphatic rings. The number of carbonyl (C=O) groups is 2. The average molecular weight is 363 g/mol. The summed E-state index contributed by atoms with van der Waals surface area (Å²) in [5.74, 6) is 2.76. The molecule has 4 bridgehead atoms. The van der Waals surface area contributed by atoms with Crippen LogP contribution in [0.1, 0.15) is 60.3 Å². The highest BCUT2D eigenvalue weighted by atomic mass is 16.6. The maximum atomic E-state index is 13.1. The third-order valence-electron chi connectivity index (χ3n) is 8.38. The smallest absolute Gasteiger partial charge is 0.310 e.